The highest BCUT2D eigenvalue weighted by Crippen LogP contribution is 2.40. The van der Waals surface area contributed by atoms with Gasteiger partial charge in [0.05, 0.1) is 36.4 Å². The minimum Gasteiger partial charge on any atom is -0.489 e. The summed E-state index contributed by atoms with van der Waals surface area (Å²) in [5.41, 5.74) is 0.554. The van der Waals surface area contributed by atoms with Crippen LogP contribution in [0.1, 0.15) is 28.8 Å². The fourth-order valence-corrected chi connectivity index (χ4v) is 2.63. The second-order valence-electron chi connectivity index (χ2n) is 6.32. The molecule has 0 radical (unpaired) electrons. The van der Waals surface area contributed by atoms with Crippen LogP contribution in [-0.4, -0.2) is 31.2 Å². The maximum absolute atomic E-state index is 12.1. The molecule has 2 rings (SSSR count). The molecule has 0 spiro atoms. The number of rotatable bonds is 13. The van der Waals surface area contributed by atoms with E-state index in [0.717, 1.165) is 0 Å². The number of nitro benzene ring substituents is 1. The molecule has 31 heavy (non-hydrogen) atoms. The Balaban J connectivity index is 2.44. The molecule has 0 unspecified atom stereocenters. The van der Waals surface area contributed by atoms with Crippen molar-refractivity contribution < 1.29 is 28.7 Å². The number of nitro groups is 1. The lowest BCUT2D eigenvalue weighted by molar-refractivity contribution is -0.385. The van der Waals surface area contributed by atoms with E-state index in [-0.39, 0.29) is 35.1 Å². The first-order valence-electron chi connectivity index (χ1n) is 9.60. The van der Waals surface area contributed by atoms with Gasteiger partial charge < -0.3 is 18.9 Å². The zero-order valence-electron chi connectivity index (χ0n) is 17.4. The summed E-state index contributed by atoms with van der Waals surface area (Å²) in [5.74, 6) is 0.195. The van der Waals surface area contributed by atoms with E-state index in [0.29, 0.717) is 31.6 Å². The van der Waals surface area contributed by atoms with E-state index in [1.165, 1.54) is 25.3 Å². The average Bonchev–Trinajstić information content (AvgIpc) is 2.78. The first-order chi connectivity index (χ1) is 15.0. The molecule has 0 saturated carbocycles. The first kappa shape index (κ1) is 23.5. The number of carbonyl (C=O) groups is 1. The molecular formula is C23H25NO7. The van der Waals surface area contributed by atoms with E-state index in [9.17, 15) is 14.9 Å². The summed E-state index contributed by atoms with van der Waals surface area (Å²) in [7, 11) is 1.28. The van der Waals surface area contributed by atoms with E-state index >= 15 is 0 Å². The molecule has 0 N–H and O–H groups in total. The van der Waals surface area contributed by atoms with Crippen molar-refractivity contribution in [3.05, 3.63) is 82.9 Å². The minimum absolute atomic E-state index is 0.0584. The van der Waals surface area contributed by atoms with Crippen LogP contribution in [0.5, 0.6) is 17.2 Å². The van der Waals surface area contributed by atoms with Gasteiger partial charge in [-0.25, -0.2) is 4.79 Å². The number of para-hydroxylation sites is 1. The van der Waals surface area contributed by atoms with Crippen molar-refractivity contribution in [1.29, 1.82) is 0 Å². The van der Waals surface area contributed by atoms with Crippen molar-refractivity contribution in [2.45, 2.75) is 19.4 Å². The molecule has 0 fully saturated rings. The lowest BCUT2D eigenvalue weighted by Crippen LogP contribution is -2.09. The van der Waals surface area contributed by atoms with E-state index < -0.39 is 10.9 Å². The number of hydrogen-bond donors (Lipinski definition) is 0. The van der Waals surface area contributed by atoms with Crippen molar-refractivity contribution in [1.82, 2.24) is 0 Å². The Bertz CT molecular complexity index is 904. The minimum atomic E-state index is -0.563. The van der Waals surface area contributed by atoms with Crippen LogP contribution in [0.25, 0.3) is 0 Å². The van der Waals surface area contributed by atoms with Crippen molar-refractivity contribution in [3.8, 4) is 17.2 Å². The molecule has 8 nitrogen and oxygen atoms in total. The van der Waals surface area contributed by atoms with Crippen molar-refractivity contribution in [2.24, 2.45) is 0 Å². The zero-order valence-corrected chi connectivity index (χ0v) is 17.4. The number of benzene rings is 2. The topological polar surface area (TPSA) is 97.1 Å². The molecule has 0 aromatic heterocycles. The monoisotopic (exact) mass is 427 g/mol. The molecule has 2 aromatic rings. The van der Waals surface area contributed by atoms with Crippen molar-refractivity contribution in [3.63, 3.8) is 0 Å². The van der Waals surface area contributed by atoms with Crippen LogP contribution >= 0.6 is 0 Å². The number of esters is 1. The van der Waals surface area contributed by atoms with Crippen LogP contribution < -0.4 is 14.2 Å². The first-order valence-corrected chi connectivity index (χ1v) is 9.60. The van der Waals surface area contributed by atoms with E-state index in [2.05, 4.69) is 13.2 Å². The molecule has 0 heterocycles. The highest BCUT2D eigenvalue weighted by molar-refractivity contribution is 5.91. The summed E-state index contributed by atoms with van der Waals surface area (Å²) in [6, 6.07) is 9.27. The largest absolute Gasteiger partial charge is 0.489 e. The van der Waals surface area contributed by atoms with E-state index in [1.807, 2.05) is 0 Å². The highest BCUT2D eigenvalue weighted by Gasteiger charge is 2.21. The number of carbonyl (C=O) groups excluding carboxylic acids is 1. The summed E-state index contributed by atoms with van der Waals surface area (Å²) in [6.45, 7) is 7.81. The third kappa shape index (κ3) is 6.60. The average molecular weight is 427 g/mol. The molecule has 0 aliphatic rings. The third-order valence-electron chi connectivity index (χ3n) is 4.16. The van der Waals surface area contributed by atoms with Crippen LogP contribution in [0, 0.1) is 10.1 Å². The maximum Gasteiger partial charge on any atom is 0.338 e. The van der Waals surface area contributed by atoms with Crippen LogP contribution in [0.15, 0.2) is 61.7 Å². The van der Waals surface area contributed by atoms with Gasteiger partial charge in [0.2, 0.25) is 5.75 Å². The van der Waals surface area contributed by atoms with Gasteiger partial charge in [0.1, 0.15) is 6.61 Å². The summed E-state index contributed by atoms with van der Waals surface area (Å²) in [6.07, 6.45) is 4.52. The summed E-state index contributed by atoms with van der Waals surface area (Å²) in [4.78, 5) is 22.9. The van der Waals surface area contributed by atoms with Gasteiger partial charge in [0, 0.05) is 6.07 Å². The summed E-state index contributed by atoms with van der Waals surface area (Å²) >= 11 is 0. The normalized spacial score (nSPS) is 10.1. The molecule has 0 aliphatic carbocycles. The summed E-state index contributed by atoms with van der Waals surface area (Å²) < 4.78 is 22.3. The van der Waals surface area contributed by atoms with Gasteiger partial charge >= 0.3 is 5.97 Å². The van der Waals surface area contributed by atoms with Gasteiger partial charge in [-0.3, -0.25) is 10.1 Å². The molecule has 164 valence electrons. The third-order valence-corrected chi connectivity index (χ3v) is 4.16. The van der Waals surface area contributed by atoms with E-state index in [4.69, 9.17) is 18.9 Å². The second kappa shape index (κ2) is 12.0. The van der Waals surface area contributed by atoms with Crippen LogP contribution in [0.3, 0.4) is 0 Å². The predicted octanol–water partition coefficient (Wildman–Crippen LogP) is 4.87. The van der Waals surface area contributed by atoms with Crippen molar-refractivity contribution in [2.75, 3.05) is 20.3 Å². The summed E-state index contributed by atoms with van der Waals surface area (Å²) in [5, 5.41) is 11.3. The molecule has 0 saturated heterocycles. The number of ether oxygens (including phenoxy) is 4. The smallest absolute Gasteiger partial charge is 0.338 e. The predicted molar refractivity (Wildman–Crippen MR) is 116 cm³/mol. The van der Waals surface area contributed by atoms with Gasteiger partial charge in [0.15, 0.2) is 11.5 Å². The fourth-order valence-electron chi connectivity index (χ4n) is 2.63. The van der Waals surface area contributed by atoms with Crippen LogP contribution in [-0.2, 0) is 11.3 Å². The molecule has 0 atom stereocenters. The maximum atomic E-state index is 12.1. The Morgan fingerprint density at radius 3 is 2.13 bits per heavy atom. The Kier molecular flexibility index (Phi) is 9.10. The molecule has 2 aromatic carbocycles. The number of nitrogens with zero attached hydrogens (tertiary/aromatic N) is 1. The highest BCUT2D eigenvalue weighted by atomic mass is 16.6. The number of methoxy groups -OCH3 is 1. The Hall–Kier alpha value is -3.81. The quantitative estimate of drug-likeness (QED) is 0.148. The van der Waals surface area contributed by atoms with Gasteiger partial charge in [-0.15, -0.1) is 13.2 Å². The SMILES string of the molecule is C=CCCOc1cc(C(=O)OC)cc(OCCC=C)c1OCc1ccccc1[N+](=O)[O-]. The Labute approximate surface area is 180 Å². The molecular weight excluding hydrogens is 402 g/mol. The Morgan fingerprint density at radius 1 is 1.03 bits per heavy atom. The van der Waals surface area contributed by atoms with Crippen LogP contribution in [0.2, 0.25) is 0 Å². The molecule has 8 heteroatoms. The van der Waals surface area contributed by atoms with Crippen molar-refractivity contribution >= 4 is 11.7 Å². The lowest BCUT2D eigenvalue weighted by Gasteiger charge is -2.18. The molecule has 0 amide bonds. The zero-order chi connectivity index (χ0) is 22.6. The fraction of sp³-hybridized carbons (Fsp3) is 0.261. The molecule has 0 bridgehead atoms. The molecule has 0 aliphatic heterocycles. The lowest BCUT2D eigenvalue weighted by atomic mass is 10.1. The Morgan fingerprint density at radius 2 is 1.61 bits per heavy atom. The van der Waals surface area contributed by atoms with Gasteiger partial charge in [-0.05, 0) is 31.0 Å². The van der Waals surface area contributed by atoms with Gasteiger partial charge in [-0.2, -0.15) is 0 Å². The number of hydrogen-bond acceptors (Lipinski definition) is 7. The van der Waals surface area contributed by atoms with E-state index in [1.54, 1.807) is 30.4 Å². The van der Waals surface area contributed by atoms with Gasteiger partial charge in [0.25, 0.3) is 5.69 Å². The van der Waals surface area contributed by atoms with Crippen LogP contribution in [0.4, 0.5) is 5.69 Å². The standard InChI is InChI=1S/C23H25NO7/c1-4-6-12-29-20-14-18(23(25)28-3)15-21(30-13-7-5-2)22(20)31-16-17-10-8-9-11-19(17)24(26)27/h4-5,8-11,14-15H,1-2,6-7,12-13,16H2,3H3. The van der Waals surface area contributed by atoms with Gasteiger partial charge in [-0.1, -0.05) is 24.3 Å². The second-order valence-corrected chi connectivity index (χ2v) is 6.32.